The molecule has 3 heterocycles. The number of hydrogen-bond acceptors (Lipinski definition) is 6. The zero-order chi connectivity index (χ0) is 18.1. The van der Waals surface area contributed by atoms with Gasteiger partial charge in [0.25, 0.3) is 5.91 Å². The number of carbonyl (C=O) groups is 1. The number of nitrogens with one attached hydrogen (secondary N) is 1. The first kappa shape index (κ1) is 16.6. The Morgan fingerprint density at radius 2 is 2.00 bits per heavy atom. The van der Waals surface area contributed by atoms with Crippen molar-refractivity contribution in [1.29, 1.82) is 0 Å². The number of piperidine rings is 1. The first-order chi connectivity index (χ1) is 12.6. The number of carbonyl (C=O) groups excluding carboxylic acids is 1. The molecule has 134 valence electrons. The summed E-state index contributed by atoms with van der Waals surface area (Å²) in [4.78, 5) is 19.0. The van der Waals surface area contributed by atoms with Crippen molar-refractivity contribution in [2.75, 3.05) is 23.3 Å². The van der Waals surface area contributed by atoms with Crippen LogP contribution in [0.1, 0.15) is 29.6 Å². The zero-order valence-electron chi connectivity index (χ0n) is 13.9. The zero-order valence-corrected chi connectivity index (χ0v) is 14.6. The van der Waals surface area contributed by atoms with Gasteiger partial charge in [0.15, 0.2) is 5.65 Å². The van der Waals surface area contributed by atoms with Crippen molar-refractivity contribution in [2.24, 2.45) is 0 Å². The van der Waals surface area contributed by atoms with Crippen LogP contribution >= 0.6 is 11.6 Å². The van der Waals surface area contributed by atoms with Crippen LogP contribution in [0, 0.1) is 0 Å². The highest BCUT2D eigenvalue weighted by atomic mass is 35.5. The summed E-state index contributed by atoms with van der Waals surface area (Å²) < 4.78 is 1.12. The molecule has 2 N–H and O–H groups in total. The standard InChI is InChI=1S/C17H17ClN6O2/c18-11-4-5-14(23-6-2-1-3-7-23)13(8-11)21-17(26)12-9-20-24-16(12)19-10-15(25)22-24/h4-5,8-10H,1-3,6-7H2,(H,21,26)(H,22,25). The molecule has 2 aromatic heterocycles. The molecule has 1 saturated heterocycles. The van der Waals surface area contributed by atoms with Crippen LogP contribution in [0.25, 0.3) is 5.65 Å². The molecule has 0 radical (unpaired) electrons. The van der Waals surface area contributed by atoms with Crippen LogP contribution < -0.4 is 10.2 Å². The van der Waals surface area contributed by atoms with Gasteiger partial charge in [0.05, 0.1) is 23.8 Å². The predicted octanol–water partition coefficient (Wildman–Crippen LogP) is 2.73. The number of aromatic nitrogens is 4. The smallest absolute Gasteiger partial charge is 0.261 e. The molecule has 9 heteroatoms. The van der Waals surface area contributed by atoms with E-state index in [0.29, 0.717) is 10.7 Å². The monoisotopic (exact) mass is 372 g/mol. The van der Waals surface area contributed by atoms with Crippen LogP contribution in [0.2, 0.25) is 5.02 Å². The number of fused-ring (bicyclic) bond motifs is 1. The number of anilines is 2. The molecular formula is C17H17ClN6O2. The van der Waals surface area contributed by atoms with Gasteiger partial charge in [0, 0.05) is 18.1 Å². The summed E-state index contributed by atoms with van der Waals surface area (Å²) in [5, 5.41) is 20.6. The summed E-state index contributed by atoms with van der Waals surface area (Å²) in [6, 6.07) is 5.49. The maximum Gasteiger partial charge on any atom is 0.261 e. The molecule has 4 rings (SSSR count). The Labute approximate surface area is 154 Å². The van der Waals surface area contributed by atoms with E-state index in [2.05, 4.69) is 25.4 Å². The van der Waals surface area contributed by atoms with Crippen LogP contribution in [-0.4, -0.2) is 43.9 Å². The van der Waals surface area contributed by atoms with Crippen molar-refractivity contribution in [2.45, 2.75) is 19.3 Å². The van der Waals surface area contributed by atoms with Gasteiger partial charge in [-0.05, 0) is 37.5 Å². The number of amides is 1. The maximum atomic E-state index is 12.8. The predicted molar refractivity (Wildman–Crippen MR) is 97.9 cm³/mol. The van der Waals surface area contributed by atoms with E-state index in [4.69, 9.17) is 11.6 Å². The minimum absolute atomic E-state index is 0.266. The summed E-state index contributed by atoms with van der Waals surface area (Å²) in [7, 11) is 0. The van der Waals surface area contributed by atoms with E-state index in [-0.39, 0.29) is 23.0 Å². The van der Waals surface area contributed by atoms with E-state index in [1.807, 2.05) is 12.1 Å². The Morgan fingerprint density at radius 1 is 1.19 bits per heavy atom. The molecule has 0 saturated carbocycles. The van der Waals surface area contributed by atoms with E-state index in [1.165, 1.54) is 18.8 Å². The molecule has 1 aliphatic rings. The summed E-state index contributed by atoms with van der Waals surface area (Å²) in [5.41, 5.74) is 2.13. The van der Waals surface area contributed by atoms with Gasteiger partial charge in [0.2, 0.25) is 5.88 Å². The molecule has 3 aromatic rings. The van der Waals surface area contributed by atoms with Crippen LogP contribution in [0.4, 0.5) is 11.4 Å². The highest BCUT2D eigenvalue weighted by Crippen LogP contribution is 2.31. The van der Waals surface area contributed by atoms with Crippen LogP contribution in [0.5, 0.6) is 5.88 Å². The molecule has 8 nitrogen and oxygen atoms in total. The lowest BCUT2D eigenvalue weighted by Gasteiger charge is -2.30. The Morgan fingerprint density at radius 3 is 2.81 bits per heavy atom. The summed E-state index contributed by atoms with van der Waals surface area (Å²) in [6.45, 7) is 1.90. The van der Waals surface area contributed by atoms with Gasteiger partial charge >= 0.3 is 0 Å². The van der Waals surface area contributed by atoms with Gasteiger partial charge in [-0.3, -0.25) is 4.79 Å². The van der Waals surface area contributed by atoms with Crippen molar-refractivity contribution < 1.29 is 9.90 Å². The average molecular weight is 373 g/mol. The average Bonchev–Trinajstić information content (AvgIpc) is 3.05. The fourth-order valence-corrected chi connectivity index (χ4v) is 3.31. The molecule has 0 aliphatic carbocycles. The summed E-state index contributed by atoms with van der Waals surface area (Å²) >= 11 is 6.14. The van der Waals surface area contributed by atoms with Crippen LogP contribution in [0.3, 0.4) is 0 Å². The Bertz CT molecular complexity index is 967. The van der Waals surface area contributed by atoms with E-state index < -0.39 is 0 Å². The first-order valence-corrected chi connectivity index (χ1v) is 8.75. The van der Waals surface area contributed by atoms with E-state index >= 15 is 0 Å². The number of halogens is 1. The molecule has 1 aromatic carbocycles. The highest BCUT2D eigenvalue weighted by Gasteiger charge is 2.19. The fraction of sp³-hybridized carbons (Fsp3) is 0.294. The van der Waals surface area contributed by atoms with Crippen molar-refractivity contribution in [1.82, 2.24) is 19.8 Å². The lowest BCUT2D eigenvalue weighted by Crippen LogP contribution is -2.30. The van der Waals surface area contributed by atoms with Gasteiger partial charge in [-0.25, -0.2) is 4.98 Å². The summed E-state index contributed by atoms with van der Waals surface area (Å²) in [5.74, 6) is -0.629. The van der Waals surface area contributed by atoms with Crippen molar-refractivity contribution in [3.05, 3.63) is 41.2 Å². The van der Waals surface area contributed by atoms with Crippen molar-refractivity contribution in [3.63, 3.8) is 0 Å². The SMILES string of the molecule is O=C(Nc1cc(Cl)ccc1N1CCCCC1)c1cnn2nc(O)cnc12. The van der Waals surface area contributed by atoms with Gasteiger partial charge in [-0.1, -0.05) is 11.6 Å². The summed E-state index contributed by atoms with van der Waals surface area (Å²) in [6.07, 6.45) is 6.02. The number of benzene rings is 1. The lowest BCUT2D eigenvalue weighted by molar-refractivity contribution is 0.102. The van der Waals surface area contributed by atoms with Gasteiger partial charge in [-0.2, -0.15) is 5.10 Å². The van der Waals surface area contributed by atoms with E-state index in [1.54, 1.807) is 6.07 Å². The third-order valence-corrected chi connectivity index (χ3v) is 4.61. The van der Waals surface area contributed by atoms with E-state index in [9.17, 15) is 9.90 Å². The lowest BCUT2D eigenvalue weighted by atomic mass is 10.1. The number of aromatic hydroxyl groups is 1. The Balaban J connectivity index is 1.65. The first-order valence-electron chi connectivity index (χ1n) is 8.38. The molecule has 1 fully saturated rings. The highest BCUT2D eigenvalue weighted by molar-refractivity contribution is 6.31. The molecule has 1 aliphatic heterocycles. The molecule has 26 heavy (non-hydrogen) atoms. The Hall–Kier alpha value is -2.87. The maximum absolute atomic E-state index is 12.8. The third kappa shape index (κ3) is 3.15. The second-order valence-corrected chi connectivity index (χ2v) is 6.59. The number of hydrogen-bond donors (Lipinski definition) is 2. The molecule has 1 amide bonds. The van der Waals surface area contributed by atoms with Gasteiger partial charge < -0.3 is 15.3 Å². The van der Waals surface area contributed by atoms with Gasteiger partial charge in [0.1, 0.15) is 5.56 Å². The molecule has 0 unspecified atom stereocenters. The normalized spacial score (nSPS) is 14.6. The second-order valence-electron chi connectivity index (χ2n) is 6.15. The van der Waals surface area contributed by atoms with Crippen molar-refractivity contribution in [3.8, 4) is 5.88 Å². The van der Waals surface area contributed by atoms with Crippen LogP contribution in [0.15, 0.2) is 30.6 Å². The van der Waals surface area contributed by atoms with Crippen molar-refractivity contribution >= 4 is 34.5 Å². The van der Waals surface area contributed by atoms with E-state index in [0.717, 1.165) is 36.2 Å². The molecule has 0 atom stereocenters. The fourth-order valence-electron chi connectivity index (χ4n) is 3.14. The number of rotatable bonds is 3. The quantitative estimate of drug-likeness (QED) is 0.734. The topological polar surface area (TPSA) is 95.7 Å². The third-order valence-electron chi connectivity index (χ3n) is 4.37. The molecule has 0 bridgehead atoms. The minimum atomic E-state index is -0.361. The second kappa shape index (κ2) is 6.80. The molecular weight excluding hydrogens is 356 g/mol. The van der Waals surface area contributed by atoms with Crippen LogP contribution in [-0.2, 0) is 0 Å². The minimum Gasteiger partial charge on any atom is -0.491 e. The largest absolute Gasteiger partial charge is 0.491 e. The Kier molecular flexibility index (Phi) is 4.34. The molecule has 0 spiro atoms. The van der Waals surface area contributed by atoms with Gasteiger partial charge in [-0.15, -0.1) is 9.73 Å². The number of nitrogens with zero attached hydrogens (tertiary/aromatic N) is 5.